The van der Waals surface area contributed by atoms with Crippen molar-refractivity contribution in [1.29, 1.82) is 0 Å². The molecule has 4 heterocycles. The van der Waals surface area contributed by atoms with E-state index in [-0.39, 0.29) is 11.5 Å². The Morgan fingerprint density at radius 1 is 0.976 bits per heavy atom. The van der Waals surface area contributed by atoms with Crippen LogP contribution in [-0.4, -0.2) is 67.4 Å². The number of pyridine rings is 2. The minimum absolute atomic E-state index is 0.245. The lowest BCUT2D eigenvalue weighted by Gasteiger charge is -2.29. The number of rotatable bonds is 5. The van der Waals surface area contributed by atoms with Gasteiger partial charge in [-0.1, -0.05) is 12.1 Å². The van der Waals surface area contributed by atoms with E-state index in [0.29, 0.717) is 34.6 Å². The van der Waals surface area contributed by atoms with Gasteiger partial charge in [0.2, 0.25) is 0 Å². The van der Waals surface area contributed by atoms with Gasteiger partial charge in [-0.15, -0.1) is 0 Å². The van der Waals surface area contributed by atoms with Gasteiger partial charge < -0.3 is 20.4 Å². The van der Waals surface area contributed by atoms with E-state index in [1.54, 1.807) is 40.8 Å². The van der Waals surface area contributed by atoms with Gasteiger partial charge in [0, 0.05) is 74.8 Å². The van der Waals surface area contributed by atoms with Crippen LogP contribution in [0.5, 0.6) is 0 Å². The summed E-state index contributed by atoms with van der Waals surface area (Å²) in [4.78, 5) is 43.3. The molecular formula is C30H27FN6O5. The number of anilines is 1. The highest BCUT2D eigenvalue weighted by molar-refractivity contribution is 6.04. The number of carboxylic acids is 2. The van der Waals surface area contributed by atoms with Crippen LogP contribution in [0.25, 0.3) is 38.8 Å². The number of fused-ring (bicyclic) bond motifs is 3. The van der Waals surface area contributed by atoms with Crippen molar-refractivity contribution in [3.05, 3.63) is 95.6 Å². The predicted molar refractivity (Wildman–Crippen MR) is 157 cm³/mol. The molecule has 214 valence electrons. The van der Waals surface area contributed by atoms with Gasteiger partial charge in [0.05, 0.1) is 34.1 Å². The fourth-order valence-corrected chi connectivity index (χ4v) is 4.89. The first kappa shape index (κ1) is 28.2. The van der Waals surface area contributed by atoms with E-state index in [0.717, 1.165) is 48.2 Å². The summed E-state index contributed by atoms with van der Waals surface area (Å²) in [6.07, 6.45) is 6.35. The average Bonchev–Trinajstić information content (AvgIpc) is 3.26. The third kappa shape index (κ3) is 5.74. The Balaban J connectivity index is 0.000000390. The van der Waals surface area contributed by atoms with E-state index >= 15 is 4.39 Å². The van der Waals surface area contributed by atoms with Crippen molar-refractivity contribution >= 4 is 39.6 Å². The summed E-state index contributed by atoms with van der Waals surface area (Å²) in [5, 5.41) is 19.7. The van der Waals surface area contributed by atoms with Crippen molar-refractivity contribution in [1.82, 2.24) is 24.4 Å². The van der Waals surface area contributed by atoms with Gasteiger partial charge in [-0.05, 0) is 35.9 Å². The predicted octanol–water partition coefficient (Wildman–Crippen LogP) is 3.20. The number of aryl methyl sites for hydroxylation is 1. The summed E-state index contributed by atoms with van der Waals surface area (Å²) in [5.41, 5.74) is 4.90. The number of nitrogens with one attached hydrogen (secondary N) is 1. The molecule has 0 aliphatic carbocycles. The molecule has 0 spiro atoms. The van der Waals surface area contributed by atoms with Gasteiger partial charge in [0.1, 0.15) is 5.82 Å². The van der Waals surface area contributed by atoms with Crippen LogP contribution in [0.1, 0.15) is 0 Å². The molecule has 0 saturated carbocycles. The van der Waals surface area contributed by atoms with E-state index in [1.807, 2.05) is 41.3 Å². The molecule has 1 fully saturated rings. The minimum atomic E-state index is -1.26. The second-order valence-electron chi connectivity index (χ2n) is 9.53. The van der Waals surface area contributed by atoms with Crippen molar-refractivity contribution in [3.8, 4) is 16.8 Å². The Bertz CT molecular complexity index is 1860. The molecular weight excluding hydrogens is 543 g/mol. The lowest BCUT2D eigenvalue weighted by molar-refractivity contribution is -0.134. The minimum Gasteiger partial charge on any atom is -0.478 e. The van der Waals surface area contributed by atoms with Gasteiger partial charge in [0.25, 0.3) is 0 Å². The van der Waals surface area contributed by atoms with Crippen LogP contribution in [0.2, 0.25) is 0 Å². The molecule has 0 amide bonds. The summed E-state index contributed by atoms with van der Waals surface area (Å²) in [6, 6.07) is 14.9. The van der Waals surface area contributed by atoms with Crippen molar-refractivity contribution < 1.29 is 24.2 Å². The van der Waals surface area contributed by atoms with Gasteiger partial charge in [0.15, 0.2) is 0 Å². The SMILES string of the molecule is Cn1c(=O)n(-c2ccc(N3CCNCC3)c(F)c2)c2c3cc(-c4cccnc4)ccc3ncc21.O=C(O)/C=C\C(=O)O. The Labute approximate surface area is 238 Å². The number of carboxylic acid groups (broad SMARTS) is 2. The second kappa shape index (κ2) is 12.0. The molecule has 42 heavy (non-hydrogen) atoms. The van der Waals surface area contributed by atoms with Crippen molar-refractivity contribution in [2.75, 3.05) is 31.1 Å². The number of carbonyl (C=O) groups is 2. The first-order valence-electron chi connectivity index (χ1n) is 13.0. The number of aromatic nitrogens is 4. The van der Waals surface area contributed by atoms with Crippen molar-refractivity contribution in [3.63, 3.8) is 0 Å². The molecule has 5 aromatic rings. The Morgan fingerprint density at radius 3 is 2.36 bits per heavy atom. The van der Waals surface area contributed by atoms with Gasteiger partial charge in [-0.25, -0.2) is 18.8 Å². The first-order valence-corrected chi connectivity index (χ1v) is 13.0. The molecule has 1 saturated heterocycles. The third-order valence-electron chi connectivity index (χ3n) is 6.89. The highest BCUT2D eigenvalue weighted by Gasteiger charge is 2.20. The number of aliphatic carboxylic acids is 2. The average molecular weight is 571 g/mol. The zero-order valence-corrected chi connectivity index (χ0v) is 22.6. The van der Waals surface area contributed by atoms with Crippen LogP contribution in [-0.2, 0) is 16.6 Å². The molecule has 1 aliphatic rings. The van der Waals surface area contributed by atoms with Gasteiger partial charge in [-0.3, -0.25) is 19.1 Å². The normalized spacial score (nSPS) is 13.3. The molecule has 11 nitrogen and oxygen atoms in total. The molecule has 2 aromatic carbocycles. The van der Waals surface area contributed by atoms with Gasteiger partial charge in [-0.2, -0.15) is 0 Å². The summed E-state index contributed by atoms with van der Waals surface area (Å²) in [7, 11) is 1.71. The molecule has 6 rings (SSSR count). The van der Waals surface area contributed by atoms with Crippen LogP contribution >= 0.6 is 0 Å². The summed E-state index contributed by atoms with van der Waals surface area (Å²) < 4.78 is 18.4. The van der Waals surface area contributed by atoms with Crippen molar-refractivity contribution in [2.24, 2.45) is 7.05 Å². The largest absolute Gasteiger partial charge is 0.478 e. The highest BCUT2D eigenvalue weighted by Crippen LogP contribution is 2.30. The maximum absolute atomic E-state index is 15.3. The number of halogens is 1. The third-order valence-corrected chi connectivity index (χ3v) is 6.89. The van der Waals surface area contributed by atoms with Crippen LogP contribution in [0.3, 0.4) is 0 Å². The number of hydrogen-bond acceptors (Lipinski definition) is 7. The Hall–Kier alpha value is -5.36. The van der Waals surface area contributed by atoms with Crippen molar-refractivity contribution in [2.45, 2.75) is 0 Å². The molecule has 0 atom stereocenters. The number of hydrogen-bond donors (Lipinski definition) is 3. The Kier molecular flexibility index (Phi) is 8.07. The molecule has 0 radical (unpaired) electrons. The van der Waals surface area contributed by atoms with Crippen LogP contribution in [0.15, 0.2) is 84.1 Å². The quantitative estimate of drug-likeness (QED) is 0.272. The molecule has 0 bridgehead atoms. The van der Waals surface area contributed by atoms with E-state index < -0.39 is 11.9 Å². The maximum Gasteiger partial charge on any atom is 0.333 e. The maximum atomic E-state index is 15.3. The fourth-order valence-electron chi connectivity index (χ4n) is 4.89. The molecule has 3 N–H and O–H groups in total. The monoisotopic (exact) mass is 570 g/mol. The van der Waals surface area contributed by atoms with Crippen LogP contribution < -0.4 is 15.9 Å². The number of piperazine rings is 1. The van der Waals surface area contributed by atoms with E-state index in [1.165, 1.54) is 6.07 Å². The summed E-state index contributed by atoms with van der Waals surface area (Å²) in [6.45, 7) is 3.14. The number of benzene rings is 2. The highest BCUT2D eigenvalue weighted by atomic mass is 19.1. The summed E-state index contributed by atoms with van der Waals surface area (Å²) in [5.74, 6) is -2.85. The van der Waals surface area contributed by atoms with E-state index in [2.05, 4.69) is 15.3 Å². The number of imidazole rings is 1. The lowest BCUT2D eigenvalue weighted by Crippen LogP contribution is -2.43. The summed E-state index contributed by atoms with van der Waals surface area (Å²) >= 11 is 0. The topological polar surface area (TPSA) is 143 Å². The smallest absolute Gasteiger partial charge is 0.333 e. The van der Waals surface area contributed by atoms with Crippen LogP contribution in [0, 0.1) is 5.82 Å². The molecule has 1 aliphatic heterocycles. The van der Waals surface area contributed by atoms with E-state index in [4.69, 9.17) is 10.2 Å². The zero-order valence-electron chi connectivity index (χ0n) is 22.6. The Morgan fingerprint density at radius 2 is 1.71 bits per heavy atom. The lowest BCUT2D eigenvalue weighted by atomic mass is 10.0. The molecule has 0 unspecified atom stereocenters. The molecule has 12 heteroatoms. The second-order valence-corrected chi connectivity index (χ2v) is 9.53. The first-order chi connectivity index (χ1) is 20.2. The standard InChI is InChI=1S/C26H23FN6O.C4H4O4/c1-31-24-16-30-22-6-4-17(18-3-2-8-29-15-18)13-20(22)25(24)33(26(31)34)19-5-7-23(21(27)14-19)32-11-9-28-10-12-32;5-3(6)1-2-4(7)8/h2-8,13-16,28H,9-12H2,1H3;1-2H,(H,5,6)(H,7,8)/b;2-1-. The number of nitrogens with zero attached hydrogens (tertiary/aromatic N) is 5. The van der Waals surface area contributed by atoms with E-state index in [9.17, 15) is 14.4 Å². The zero-order chi connectivity index (χ0) is 29.8. The molecule has 3 aromatic heterocycles. The van der Waals surface area contributed by atoms with Gasteiger partial charge >= 0.3 is 17.6 Å². The fraction of sp³-hybridized carbons (Fsp3) is 0.167. The van der Waals surface area contributed by atoms with Crippen LogP contribution in [0.4, 0.5) is 10.1 Å².